The third kappa shape index (κ3) is 4.55. The minimum Gasteiger partial charge on any atom is -0.381 e. The Kier molecular flexibility index (Phi) is 6.38. The molecule has 0 N–H and O–H groups in total. The van der Waals surface area contributed by atoms with Crippen LogP contribution >= 0.6 is 0 Å². The Morgan fingerprint density at radius 2 is 2.14 bits per heavy atom. The summed E-state index contributed by atoms with van der Waals surface area (Å²) in [5, 5.41) is 9.40. The first-order chi connectivity index (χ1) is 10.7. The van der Waals surface area contributed by atoms with Crippen molar-refractivity contribution in [2.24, 2.45) is 0 Å². The molecule has 0 unspecified atom stereocenters. The molecule has 0 aliphatic carbocycles. The van der Waals surface area contributed by atoms with Crippen molar-refractivity contribution in [2.45, 2.75) is 25.9 Å². The highest BCUT2D eigenvalue weighted by atomic mass is 16.5. The summed E-state index contributed by atoms with van der Waals surface area (Å²) in [6, 6.07) is 12.2. The zero-order valence-corrected chi connectivity index (χ0v) is 13.1. The highest BCUT2D eigenvalue weighted by Gasteiger charge is 2.29. The van der Waals surface area contributed by atoms with Gasteiger partial charge in [0.25, 0.3) is 0 Å². The van der Waals surface area contributed by atoms with Gasteiger partial charge in [0.15, 0.2) is 0 Å². The van der Waals surface area contributed by atoms with Crippen LogP contribution in [0.3, 0.4) is 0 Å². The Hall–Kier alpha value is -1.90. The van der Waals surface area contributed by atoms with Gasteiger partial charge < -0.3 is 9.64 Å². The van der Waals surface area contributed by atoms with Gasteiger partial charge in [-0.2, -0.15) is 5.26 Å². The van der Waals surface area contributed by atoms with E-state index in [-0.39, 0.29) is 11.9 Å². The molecule has 1 amide bonds. The van der Waals surface area contributed by atoms with Crippen molar-refractivity contribution in [1.82, 2.24) is 9.80 Å². The maximum Gasteiger partial charge on any atom is 0.225 e. The molecule has 2 rings (SSSR count). The van der Waals surface area contributed by atoms with E-state index in [9.17, 15) is 10.1 Å². The van der Waals surface area contributed by atoms with Crippen LogP contribution in [0.1, 0.15) is 18.9 Å². The Bertz CT molecular complexity index is 512. The molecular formula is C17H23N3O2. The average Bonchev–Trinajstić information content (AvgIpc) is 2.56. The van der Waals surface area contributed by atoms with Crippen molar-refractivity contribution >= 4 is 5.91 Å². The van der Waals surface area contributed by atoms with Gasteiger partial charge in [-0.1, -0.05) is 30.3 Å². The normalized spacial score (nSPS) is 18.9. The van der Waals surface area contributed by atoms with E-state index in [0.717, 1.165) is 13.1 Å². The topological polar surface area (TPSA) is 56.6 Å². The van der Waals surface area contributed by atoms with E-state index in [4.69, 9.17) is 4.74 Å². The summed E-state index contributed by atoms with van der Waals surface area (Å²) in [6.45, 7) is 5.63. The number of carbonyl (C=O) groups is 1. The van der Waals surface area contributed by atoms with Crippen molar-refractivity contribution in [3.63, 3.8) is 0 Å². The van der Waals surface area contributed by atoms with E-state index in [1.54, 1.807) is 4.90 Å². The quantitative estimate of drug-likeness (QED) is 0.750. The van der Waals surface area contributed by atoms with E-state index in [2.05, 4.69) is 23.1 Å². The zero-order valence-electron chi connectivity index (χ0n) is 13.1. The number of nitriles is 1. The lowest BCUT2D eigenvalue weighted by atomic mass is 10.1. The molecule has 1 aliphatic heterocycles. The molecule has 1 atom stereocenters. The van der Waals surface area contributed by atoms with Crippen LogP contribution in [0.15, 0.2) is 30.3 Å². The zero-order chi connectivity index (χ0) is 15.8. The molecule has 5 nitrogen and oxygen atoms in total. The summed E-state index contributed by atoms with van der Waals surface area (Å²) in [7, 11) is 0. The van der Waals surface area contributed by atoms with Crippen LogP contribution in [0, 0.1) is 11.3 Å². The molecule has 118 valence electrons. The standard InChI is InChI=1S/C17H23N3O2/c1-2-22-11-8-17(21)20-10-9-19(16(12-18)14-20)13-15-6-4-3-5-7-15/h3-7,16H,2,8-11,13-14H2,1H3/t16-/m0/s1. The molecule has 1 aromatic rings. The van der Waals surface area contributed by atoms with Gasteiger partial charge in [0, 0.05) is 32.8 Å². The number of hydrogen-bond donors (Lipinski definition) is 0. The molecule has 5 heteroatoms. The van der Waals surface area contributed by atoms with Crippen LogP contribution in [0.25, 0.3) is 0 Å². The maximum atomic E-state index is 12.1. The van der Waals surface area contributed by atoms with Crippen molar-refractivity contribution in [1.29, 1.82) is 5.26 Å². The number of hydrogen-bond acceptors (Lipinski definition) is 4. The lowest BCUT2D eigenvalue weighted by Gasteiger charge is -2.38. The van der Waals surface area contributed by atoms with E-state index >= 15 is 0 Å². The summed E-state index contributed by atoms with van der Waals surface area (Å²) < 4.78 is 5.23. The number of piperazine rings is 1. The largest absolute Gasteiger partial charge is 0.381 e. The summed E-state index contributed by atoms with van der Waals surface area (Å²) in [6.07, 6.45) is 0.394. The van der Waals surface area contributed by atoms with Gasteiger partial charge in [0.1, 0.15) is 6.04 Å². The Morgan fingerprint density at radius 1 is 1.36 bits per heavy atom. The number of ether oxygens (including phenoxy) is 1. The number of rotatable bonds is 6. The fraction of sp³-hybridized carbons (Fsp3) is 0.529. The van der Waals surface area contributed by atoms with Gasteiger partial charge in [-0.25, -0.2) is 0 Å². The van der Waals surface area contributed by atoms with Crippen LogP contribution in [0.4, 0.5) is 0 Å². The van der Waals surface area contributed by atoms with Crippen LogP contribution in [0.2, 0.25) is 0 Å². The lowest BCUT2D eigenvalue weighted by molar-refractivity contribution is -0.134. The second-order valence-electron chi connectivity index (χ2n) is 5.39. The third-order valence-corrected chi connectivity index (χ3v) is 3.89. The van der Waals surface area contributed by atoms with Crippen LogP contribution in [0.5, 0.6) is 0 Å². The smallest absolute Gasteiger partial charge is 0.225 e. The SMILES string of the molecule is CCOCCC(=O)N1CCN(Cc2ccccc2)[C@@H](C#N)C1. The summed E-state index contributed by atoms with van der Waals surface area (Å²) in [5.74, 6) is 0.0769. The molecule has 0 saturated carbocycles. The Balaban J connectivity index is 1.88. The van der Waals surface area contributed by atoms with Crippen molar-refractivity contribution in [3.05, 3.63) is 35.9 Å². The van der Waals surface area contributed by atoms with E-state index < -0.39 is 0 Å². The fourth-order valence-corrected chi connectivity index (χ4v) is 2.64. The first-order valence-electron chi connectivity index (χ1n) is 7.77. The van der Waals surface area contributed by atoms with Gasteiger partial charge in [0.2, 0.25) is 5.91 Å². The minimum absolute atomic E-state index is 0.0769. The maximum absolute atomic E-state index is 12.1. The molecule has 1 fully saturated rings. The number of benzene rings is 1. The number of amides is 1. The van der Waals surface area contributed by atoms with Gasteiger partial charge >= 0.3 is 0 Å². The highest BCUT2D eigenvalue weighted by Crippen LogP contribution is 2.14. The first-order valence-corrected chi connectivity index (χ1v) is 7.77. The fourth-order valence-electron chi connectivity index (χ4n) is 2.64. The van der Waals surface area contributed by atoms with Crippen LogP contribution in [-0.2, 0) is 16.1 Å². The van der Waals surface area contributed by atoms with Crippen LogP contribution < -0.4 is 0 Å². The summed E-state index contributed by atoms with van der Waals surface area (Å²) in [4.78, 5) is 16.0. The predicted octanol–water partition coefficient (Wildman–Crippen LogP) is 1.65. The predicted molar refractivity (Wildman–Crippen MR) is 83.9 cm³/mol. The minimum atomic E-state index is -0.245. The molecule has 1 aromatic carbocycles. The van der Waals surface area contributed by atoms with Crippen molar-refractivity contribution in [3.8, 4) is 6.07 Å². The molecule has 22 heavy (non-hydrogen) atoms. The monoisotopic (exact) mass is 301 g/mol. The summed E-state index contributed by atoms with van der Waals surface area (Å²) >= 11 is 0. The van der Waals surface area contributed by atoms with E-state index in [1.165, 1.54) is 5.56 Å². The van der Waals surface area contributed by atoms with Gasteiger partial charge in [-0.05, 0) is 12.5 Å². The first kappa shape index (κ1) is 16.5. The molecule has 0 radical (unpaired) electrons. The summed E-state index contributed by atoms with van der Waals surface area (Å²) in [5.41, 5.74) is 1.19. The molecule has 0 spiro atoms. The molecule has 1 saturated heterocycles. The van der Waals surface area contributed by atoms with Crippen molar-refractivity contribution in [2.75, 3.05) is 32.8 Å². The molecule has 0 bridgehead atoms. The van der Waals surface area contributed by atoms with Gasteiger partial charge in [0.05, 0.1) is 19.1 Å². The van der Waals surface area contributed by atoms with Gasteiger partial charge in [-0.15, -0.1) is 0 Å². The van der Waals surface area contributed by atoms with E-state index in [1.807, 2.05) is 25.1 Å². The molecule has 1 heterocycles. The lowest BCUT2D eigenvalue weighted by Crippen LogP contribution is -2.53. The van der Waals surface area contributed by atoms with Crippen LogP contribution in [-0.4, -0.2) is 54.6 Å². The Morgan fingerprint density at radius 3 is 2.82 bits per heavy atom. The number of carbonyl (C=O) groups excluding carboxylic acids is 1. The van der Waals surface area contributed by atoms with Crippen molar-refractivity contribution < 1.29 is 9.53 Å². The highest BCUT2D eigenvalue weighted by molar-refractivity contribution is 5.76. The molecule has 1 aliphatic rings. The average molecular weight is 301 g/mol. The molecule has 0 aromatic heterocycles. The van der Waals surface area contributed by atoms with E-state index in [0.29, 0.717) is 32.7 Å². The van der Waals surface area contributed by atoms with Gasteiger partial charge in [-0.3, -0.25) is 9.69 Å². The third-order valence-electron chi connectivity index (χ3n) is 3.89. The second kappa shape index (κ2) is 8.52. The Labute approximate surface area is 132 Å². The second-order valence-corrected chi connectivity index (χ2v) is 5.39. The number of nitrogens with zero attached hydrogens (tertiary/aromatic N) is 3. The molecular weight excluding hydrogens is 278 g/mol.